The fraction of sp³-hybridized carbons (Fsp3) is 0.625. The highest BCUT2D eigenvalue weighted by Crippen LogP contribution is 2.39. The molecule has 2 fully saturated rings. The summed E-state index contributed by atoms with van der Waals surface area (Å²) in [6, 6.07) is 2.48. The van der Waals surface area contributed by atoms with Crippen LogP contribution in [0, 0.1) is 0 Å². The molecule has 0 aromatic carbocycles. The van der Waals surface area contributed by atoms with Gasteiger partial charge in [0.05, 0.1) is 6.54 Å². The molecule has 1 saturated heterocycles. The van der Waals surface area contributed by atoms with Gasteiger partial charge in [0.2, 0.25) is 11.8 Å². The van der Waals surface area contributed by atoms with Gasteiger partial charge in [0.1, 0.15) is 12.1 Å². The number of aromatic nitrogens is 4. The van der Waals surface area contributed by atoms with Crippen LogP contribution in [0.5, 0.6) is 0 Å². The lowest BCUT2D eigenvalue weighted by molar-refractivity contribution is 0.185. The Balaban J connectivity index is 1.30. The van der Waals surface area contributed by atoms with Crippen molar-refractivity contribution >= 4 is 5.82 Å². The van der Waals surface area contributed by atoms with E-state index in [0.29, 0.717) is 12.0 Å². The Morgan fingerprint density at radius 1 is 1.22 bits per heavy atom. The van der Waals surface area contributed by atoms with Crippen LogP contribution in [0.3, 0.4) is 0 Å². The zero-order chi connectivity index (χ0) is 15.6. The lowest BCUT2D eigenvalue weighted by Gasteiger charge is -2.36. The maximum Gasteiger partial charge on any atom is 0.230 e. The van der Waals surface area contributed by atoms with Crippen molar-refractivity contribution in [1.82, 2.24) is 25.1 Å². The molecule has 1 saturated carbocycles. The van der Waals surface area contributed by atoms with Gasteiger partial charge in [0.15, 0.2) is 0 Å². The number of hydrogen-bond acceptors (Lipinski definition) is 7. The molecular weight excluding hydrogens is 292 g/mol. The molecule has 122 valence electrons. The van der Waals surface area contributed by atoms with Crippen molar-refractivity contribution in [2.45, 2.75) is 44.2 Å². The highest BCUT2D eigenvalue weighted by Gasteiger charge is 2.30. The third kappa shape index (κ3) is 3.34. The molecule has 2 aromatic rings. The van der Waals surface area contributed by atoms with Gasteiger partial charge < -0.3 is 9.32 Å². The third-order valence-corrected chi connectivity index (χ3v) is 4.80. The van der Waals surface area contributed by atoms with Crippen molar-refractivity contribution in [2.24, 2.45) is 0 Å². The van der Waals surface area contributed by atoms with Crippen LogP contribution in [0.15, 0.2) is 23.0 Å². The van der Waals surface area contributed by atoms with Gasteiger partial charge in [-0.3, -0.25) is 4.90 Å². The van der Waals surface area contributed by atoms with E-state index in [4.69, 9.17) is 4.42 Å². The standard InChI is InChI=1S/C16H22N6O/c1-21(14-4-7-17-11-18-14)13-5-8-22(9-6-13)10-15-19-20-16(23-15)12-2-3-12/h4,7,11-13H,2-3,5-6,8-10H2,1H3. The zero-order valence-corrected chi connectivity index (χ0v) is 13.4. The van der Waals surface area contributed by atoms with Crippen molar-refractivity contribution in [3.63, 3.8) is 0 Å². The molecule has 23 heavy (non-hydrogen) atoms. The summed E-state index contributed by atoms with van der Waals surface area (Å²) in [6.45, 7) is 2.85. The van der Waals surface area contributed by atoms with Crippen LogP contribution in [-0.4, -0.2) is 51.2 Å². The summed E-state index contributed by atoms with van der Waals surface area (Å²) in [5.41, 5.74) is 0. The van der Waals surface area contributed by atoms with E-state index in [1.165, 1.54) is 12.8 Å². The molecule has 2 aromatic heterocycles. The first-order valence-electron chi connectivity index (χ1n) is 8.33. The Morgan fingerprint density at radius 2 is 2.04 bits per heavy atom. The van der Waals surface area contributed by atoms with Crippen LogP contribution < -0.4 is 4.90 Å². The van der Waals surface area contributed by atoms with E-state index in [-0.39, 0.29) is 0 Å². The maximum absolute atomic E-state index is 5.76. The average molecular weight is 314 g/mol. The quantitative estimate of drug-likeness (QED) is 0.834. The predicted octanol–water partition coefficient (Wildman–Crippen LogP) is 1.84. The molecule has 0 bridgehead atoms. The SMILES string of the molecule is CN(c1ccncn1)C1CCN(Cc2nnc(C3CC3)o2)CC1. The zero-order valence-electron chi connectivity index (χ0n) is 13.4. The van der Waals surface area contributed by atoms with Crippen LogP contribution >= 0.6 is 0 Å². The van der Waals surface area contributed by atoms with Crippen LogP contribution in [-0.2, 0) is 6.54 Å². The number of likely N-dealkylation sites (tertiary alicyclic amines) is 1. The second-order valence-electron chi connectivity index (χ2n) is 6.49. The molecule has 0 radical (unpaired) electrons. The average Bonchev–Trinajstić information content (AvgIpc) is 3.36. The molecule has 0 spiro atoms. The molecule has 0 atom stereocenters. The summed E-state index contributed by atoms with van der Waals surface area (Å²) in [7, 11) is 2.11. The predicted molar refractivity (Wildman–Crippen MR) is 85.0 cm³/mol. The normalized spacial score (nSPS) is 19.9. The number of hydrogen-bond donors (Lipinski definition) is 0. The van der Waals surface area contributed by atoms with Crippen molar-refractivity contribution in [2.75, 3.05) is 25.0 Å². The van der Waals surface area contributed by atoms with E-state index in [1.807, 2.05) is 6.07 Å². The van der Waals surface area contributed by atoms with Gasteiger partial charge in [0.25, 0.3) is 0 Å². The van der Waals surface area contributed by atoms with E-state index in [1.54, 1.807) is 12.5 Å². The van der Waals surface area contributed by atoms with Crippen LogP contribution in [0.1, 0.15) is 43.4 Å². The molecule has 4 rings (SSSR count). The van der Waals surface area contributed by atoms with Crippen molar-refractivity contribution in [3.8, 4) is 0 Å². The van der Waals surface area contributed by atoms with Crippen LogP contribution in [0.4, 0.5) is 5.82 Å². The smallest absolute Gasteiger partial charge is 0.230 e. The molecule has 1 aliphatic heterocycles. The summed E-state index contributed by atoms with van der Waals surface area (Å²) in [5, 5.41) is 8.35. The molecule has 0 amide bonds. The first-order chi connectivity index (χ1) is 11.3. The van der Waals surface area contributed by atoms with E-state index in [0.717, 1.165) is 50.1 Å². The fourth-order valence-electron chi connectivity index (χ4n) is 3.16. The van der Waals surface area contributed by atoms with Crippen molar-refractivity contribution < 1.29 is 4.42 Å². The molecule has 1 aliphatic carbocycles. The van der Waals surface area contributed by atoms with E-state index in [2.05, 4.69) is 37.0 Å². The van der Waals surface area contributed by atoms with E-state index < -0.39 is 0 Å². The Labute approximate surface area is 135 Å². The minimum absolute atomic E-state index is 0.519. The Morgan fingerprint density at radius 3 is 2.74 bits per heavy atom. The topological polar surface area (TPSA) is 71.2 Å². The van der Waals surface area contributed by atoms with Crippen LogP contribution in [0.2, 0.25) is 0 Å². The van der Waals surface area contributed by atoms with Gasteiger partial charge in [-0.1, -0.05) is 0 Å². The number of nitrogens with zero attached hydrogens (tertiary/aromatic N) is 6. The van der Waals surface area contributed by atoms with Gasteiger partial charge in [-0.2, -0.15) is 0 Å². The summed E-state index contributed by atoms with van der Waals surface area (Å²) in [4.78, 5) is 13.0. The highest BCUT2D eigenvalue weighted by atomic mass is 16.4. The van der Waals surface area contributed by atoms with E-state index in [9.17, 15) is 0 Å². The highest BCUT2D eigenvalue weighted by molar-refractivity contribution is 5.36. The lowest BCUT2D eigenvalue weighted by Crippen LogP contribution is -2.43. The van der Waals surface area contributed by atoms with Gasteiger partial charge in [-0.15, -0.1) is 10.2 Å². The minimum Gasteiger partial charge on any atom is -0.424 e. The lowest BCUT2D eigenvalue weighted by atomic mass is 10.0. The van der Waals surface area contributed by atoms with Crippen LogP contribution in [0.25, 0.3) is 0 Å². The summed E-state index contributed by atoms with van der Waals surface area (Å²) >= 11 is 0. The second kappa shape index (κ2) is 6.23. The van der Waals surface area contributed by atoms with Crippen molar-refractivity contribution in [1.29, 1.82) is 0 Å². The number of rotatable bonds is 5. The number of anilines is 1. The van der Waals surface area contributed by atoms with E-state index >= 15 is 0 Å². The maximum atomic E-state index is 5.76. The number of piperidine rings is 1. The first-order valence-corrected chi connectivity index (χ1v) is 8.33. The van der Waals surface area contributed by atoms with Gasteiger partial charge in [-0.25, -0.2) is 9.97 Å². The third-order valence-electron chi connectivity index (χ3n) is 4.80. The summed E-state index contributed by atoms with van der Waals surface area (Å²) in [5.74, 6) is 3.11. The van der Waals surface area contributed by atoms with Gasteiger partial charge in [-0.05, 0) is 31.7 Å². The summed E-state index contributed by atoms with van der Waals surface area (Å²) < 4.78 is 5.76. The van der Waals surface area contributed by atoms with Crippen molar-refractivity contribution in [3.05, 3.63) is 30.4 Å². The van der Waals surface area contributed by atoms with Gasteiger partial charge >= 0.3 is 0 Å². The fourth-order valence-corrected chi connectivity index (χ4v) is 3.16. The molecular formula is C16H22N6O. The Bertz CT molecular complexity index is 633. The monoisotopic (exact) mass is 314 g/mol. The first kappa shape index (κ1) is 14.6. The Kier molecular flexibility index (Phi) is 3.95. The molecule has 7 nitrogen and oxygen atoms in total. The summed E-state index contributed by atoms with van der Waals surface area (Å²) in [6.07, 6.45) is 8.02. The second-order valence-corrected chi connectivity index (χ2v) is 6.49. The Hall–Kier alpha value is -2.02. The minimum atomic E-state index is 0.519. The molecule has 7 heteroatoms. The molecule has 0 N–H and O–H groups in total. The largest absolute Gasteiger partial charge is 0.424 e. The molecule has 0 unspecified atom stereocenters. The molecule has 2 aliphatic rings. The van der Waals surface area contributed by atoms with Gasteiger partial charge in [0, 0.05) is 38.3 Å². The molecule has 3 heterocycles.